The quantitative estimate of drug-likeness (QED) is 0.508. The summed E-state index contributed by atoms with van der Waals surface area (Å²) in [5.41, 5.74) is 5.45. The highest BCUT2D eigenvalue weighted by Gasteiger charge is 2.31. The third-order valence-corrected chi connectivity index (χ3v) is 5.89. The average Bonchev–Trinajstić information content (AvgIpc) is 3.15. The Balaban J connectivity index is 1.54. The van der Waals surface area contributed by atoms with Crippen LogP contribution < -0.4 is 4.90 Å². The largest absolute Gasteiger partial charge is 0.478 e. The lowest BCUT2D eigenvalue weighted by Crippen LogP contribution is -2.21. The molecular formula is C26H24F3NO2. The summed E-state index contributed by atoms with van der Waals surface area (Å²) in [7, 11) is 0. The minimum absolute atomic E-state index is 0.261. The van der Waals surface area contributed by atoms with Crippen LogP contribution in [-0.4, -0.2) is 17.6 Å². The Hall–Kier alpha value is -3.28. The van der Waals surface area contributed by atoms with E-state index >= 15 is 0 Å². The molecule has 0 fully saturated rings. The van der Waals surface area contributed by atoms with Crippen molar-refractivity contribution in [2.45, 2.75) is 38.9 Å². The summed E-state index contributed by atoms with van der Waals surface area (Å²) in [5, 5.41) is 9.05. The van der Waals surface area contributed by atoms with Gasteiger partial charge in [0.1, 0.15) is 0 Å². The van der Waals surface area contributed by atoms with Crippen molar-refractivity contribution in [1.29, 1.82) is 0 Å². The van der Waals surface area contributed by atoms with Crippen molar-refractivity contribution in [1.82, 2.24) is 0 Å². The first-order valence-corrected chi connectivity index (χ1v) is 10.6. The standard InChI is InChI=1S/C26H24F3NO2/c1-17-13-19(15-23(14-17)26(27,28)29)16-30-12-11-21-4-2-3-20(24(21)30)8-5-18-6-9-22(10-7-18)25(31)32/h2-4,6-7,9-10,13-15H,5,8,11-12,16H2,1H3,(H,31,32). The van der Waals surface area contributed by atoms with E-state index in [0.717, 1.165) is 42.6 Å². The molecule has 1 N–H and O–H groups in total. The maximum atomic E-state index is 13.2. The number of hydrogen-bond donors (Lipinski definition) is 1. The molecule has 166 valence electrons. The van der Waals surface area contributed by atoms with Crippen LogP contribution in [0.2, 0.25) is 0 Å². The predicted octanol–water partition coefficient (Wildman–Crippen LogP) is 6.06. The molecule has 3 aromatic carbocycles. The summed E-state index contributed by atoms with van der Waals surface area (Å²) in [4.78, 5) is 13.2. The molecule has 0 spiro atoms. The van der Waals surface area contributed by atoms with Crippen LogP contribution in [0.5, 0.6) is 0 Å². The van der Waals surface area contributed by atoms with Gasteiger partial charge in [0.15, 0.2) is 0 Å². The molecule has 1 aliphatic heterocycles. The van der Waals surface area contributed by atoms with E-state index in [4.69, 9.17) is 5.11 Å². The van der Waals surface area contributed by atoms with E-state index < -0.39 is 17.7 Å². The molecule has 4 rings (SSSR count). The highest BCUT2D eigenvalue weighted by atomic mass is 19.4. The second-order valence-electron chi connectivity index (χ2n) is 8.30. The van der Waals surface area contributed by atoms with Crippen molar-refractivity contribution in [3.63, 3.8) is 0 Å². The number of carbonyl (C=O) groups is 1. The highest BCUT2D eigenvalue weighted by Crippen LogP contribution is 2.35. The molecule has 1 heterocycles. The predicted molar refractivity (Wildman–Crippen MR) is 118 cm³/mol. The van der Waals surface area contributed by atoms with Gasteiger partial charge in [0.05, 0.1) is 11.1 Å². The third-order valence-electron chi connectivity index (χ3n) is 5.89. The lowest BCUT2D eigenvalue weighted by atomic mass is 9.99. The fourth-order valence-corrected chi connectivity index (χ4v) is 4.41. The molecule has 0 unspecified atom stereocenters. The van der Waals surface area contributed by atoms with Crippen LogP contribution in [0.4, 0.5) is 18.9 Å². The van der Waals surface area contributed by atoms with E-state index in [1.165, 1.54) is 17.7 Å². The number of nitrogens with zero attached hydrogens (tertiary/aromatic N) is 1. The van der Waals surface area contributed by atoms with Gasteiger partial charge in [-0.2, -0.15) is 13.2 Å². The molecule has 0 amide bonds. The number of hydrogen-bond acceptors (Lipinski definition) is 2. The fourth-order valence-electron chi connectivity index (χ4n) is 4.41. The topological polar surface area (TPSA) is 40.5 Å². The average molecular weight is 439 g/mol. The number of benzene rings is 3. The second kappa shape index (κ2) is 8.69. The molecule has 0 aromatic heterocycles. The molecule has 0 saturated carbocycles. The summed E-state index contributed by atoms with van der Waals surface area (Å²) in [6, 6.07) is 17.3. The molecule has 0 atom stereocenters. The zero-order valence-electron chi connectivity index (χ0n) is 17.7. The smallest absolute Gasteiger partial charge is 0.416 e. The molecule has 0 bridgehead atoms. The Kier molecular flexibility index (Phi) is 5.96. The maximum Gasteiger partial charge on any atom is 0.416 e. The highest BCUT2D eigenvalue weighted by molar-refractivity contribution is 5.87. The molecule has 0 aliphatic carbocycles. The first-order chi connectivity index (χ1) is 15.2. The molecule has 0 radical (unpaired) electrons. The summed E-state index contributed by atoms with van der Waals surface area (Å²) < 4.78 is 39.7. The third kappa shape index (κ3) is 4.79. The number of anilines is 1. The van der Waals surface area contributed by atoms with Gasteiger partial charge in [-0.3, -0.25) is 0 Å². The zero-order valence-corrected chi connectivity index (χ0v) is 17.7. The Labute approximate surface area is 185 Å². The number of carboxylic acid groups (broad SMARTS) is 1. The zero-order chi connectivity index (χ0) is 22.9. The van der Waals surface area contributed by atoms with Crippen molar-refractivity contribution in [2.24, 2.45) is 0 Å². The Morgan fingerprint density at radius 3 is 2.44 bits per heavy atom. The summed E-state index contributed by atoms with van der Waals surface area (Å²) in [6.07, 6.45) is -1.96. The Bertz CT molecular complexity index is 1140. The maximum absolute atomic E-state index is 13.2. The minimum atomic E-state index is -4.36. The van der Waals surface area contributed by atoms with Crippen molar-refractivity contribution in [3.05, 3.63) is 99.6 Å². The van der Waals surface area contributed by atoms with Crippen molar-refractivity contribution >= 4 is 11.7 Å². The van der Waals surface area contributed by atoms with Crippen molar-refractivity contribution < 1.29 is 23.1 Å². The minimum Gasteiger partial charge on any atom is -0.478 e. The van der Waals surface area contributed by atoms with E-state index in [0.29, 0.717) is 17.7 Å². The van der Waals surface area contributed by atoms with Gasteiger partial charge < -0.3 is 10.0 Å². The van der Waals surface area contributed by atoms with Gasteiger partial charge in [-0.05, 0) is 72.7 Å². The fraction of sp³-hybridized carbons (Fsp3) is 0.269. The van der Waals surface area contributed by atoms with Gasteiger partial charge in [-0.15, -0.1) is 0 Å². The van der Waals surface area contributed by atoms with Gasteiger partial charge >= 0.3 is 12.1 Å². The van der Waals surface area contributed by atoms with Crippen LogP contribution in [0.15, 0.2) is 60.7 Å². The van der Waals surface area contributed by atoms with Crippen LogP contribution >= 0.6 is 0 Å². The molecule has 0 saturated heterocycles. The molecule has 1 aliphatic rings. The number of halogens is 3. The number of para-hydroxylation sites is 1. The first-order valence-electron chi connectivity index (χ1n) is 10.6. The summed E-state index contributed by atoms with van der Waals surface area (Å²) in [6.45, 7) is 2.90. The van der Waals surface area contributed by atoms with E-state index in [1.54, 1.807) is 19.1 Å². The van der Waals surface area contributed by atoms with Gasteiger partial charge in [-0.1, -0.05) is 42.0 Å². The van der Waals surface area contributed by atoms with Crippen LogP contribution in [0.1, 0.15) is 43.7 Å². The van der Waals surface area contributed by atoms with Gasteiger partial charge in [0, 0.05) is 18.8 Å². The lowest BCUT2D eigenvalue weighted by molar-refractivity contribution is -0.137. The number of aromatic carboxylic acids is 1. The molecule has 3 aromatic rings. The number of aryl methyl sites for hydroxylation is 3. The SMILES string of the molecule is Cc1cc(CN2CCc3cccc(CCc4ccc(C(=O)O)cc4)c32)cc(C(F)(F)F)c1. The van der Waals surface area contributed by atoms with E-state index in [9.17, 15) is 18.0 Å². The van der Waals surface area contributed by atoms with Crippen LogP contribution in [0.3, 0.4) is 0 Å². The number of alkyl halides is 3. The normalized spacial score (nSPS) is 13.3. The molecule has 32 heavy (non-hydrogen) atoms. The van der Waals surface area contributed by atoms with Gasteiger partial charge in [-0.25, -0.2) is 4.79 Å². The second-order valence-corrected chi connectivity index (χ2v) is 8.30. The number of carboxylic acids is 1. The van der Waals surface area contributed by atoms with Crippen LogP contribution in [0.25, 0.3) is 0 Å². The monoisotopic (exact) mass is 439 g/mol. The van der Waals surface area contributed by atoms with Crippen LogP contribution in [-0.2, 0) is 32.0 Å². The van der Waals surface area contributed by atoms with Crippen molar-refractivity contribution in [2.75, 3.05) is 11.4 Å². The first kappa shape index (κ1) is 21.9. The summed E-state index contributed by atoms with van der Waals surface area (Å²) >= 11 is 0. The van der Waals surface area contributed by atoms with Crippen molar-refractivity contribution in [3.8, 4) is 0 Å². The Morgan fingerprint density at radius 1 is 1.00 bits per heavy atom. The molecular weight excluding hydrogens is 415 g/mol. The number of fused-ring (bicyclic) bond motifs is 1. The molecule has 3 nitrogen and oxygen atoms in total. The van der Waals surface area contributed by atoms with Gasteiger partial charge in [0.25, 0.3) is 0 Å². The summed E-state index contributed by atoms with van der Waals surface area (Å²) in [5.74, 6) is -0.946. The van der Waals surface area contributed by atoms with E-state index in [2.05, 4.69) is 17.0 Å². The lowest BCUT2D eigenvalue weighted by Gasteiger charge is -2.23. The Morgan fingerprint density at radius 2 is 1.75 bits per heavy atom. The van der Waals surface area contributed by atoms with E-state index in [-0.39, 0.29) is 5.56 Å². The van der Waals surface area contributed by atoms with Crippen LogP contribution in [0, 0.1) is 6.92 Å². The number of rotatable bonds is 6. The van der Waals surface area contributed by atoms with E-state index in [1.807, 2.05) is 24.3 Å². The molecule has 6 heteroatoms. The van der Waals surface area contributed by atoms with Gasteiger partial charge in [0.2, 0.25) is 0 Å².